The molecule has 0 radical (unpaired) electrons. The highest BCUT2D eigenvalue weighted by atomic mass is 16.2. The number of likely N-dealkylation sites (N-methyl/N-ethyl adjacent to an activating group) is 2. The van der Waals surface area contributed by atoms with Crippen molar-refractivity contribution in [3.8, 4) is 0 Å². The van der Waals surface area contributed by atoms with Crippen LogP contribution in [-0.2, 0) is 4.79 Å². The molecule has 0 aromatic carbocycles. The number of hydrogen-bond acceptors (Lipinski definition) is 2. The van der Waals surface area contributed by atoms with E-state index in [-0.39, 0.29) is 5.91 Å². The Balaban J connectivity index is 2.60. The molecule has 3 nitrogen and oxygen atoms in total. The van der Waals surface area contributed by atoms with Gasteiger partial charge in [-0.05, 0) is 19.3 Å². The second kappa shape index (κ2) is 5.77. The molecule has 1 saturated heterocycles. The van der Waals surface area contributed by atoms with Crippen LogP contribution in [0.2, 0.25) is 0 Å². The van der Waals surface area contributed by atoms with Crippen molar-refractivity contribution in [2.75, 3.05) is 14.1 Å². The Labute approximate surface area is 112 Å². The van der Waals surface area contributed by atoms with Crippen LogP contribution < -0.4 is 0 Å². The minimum Gasteiger partial charge on any atom is -0.347 e. The lowest BCUT2D eigenvalue weighted by molar-refractivity contribution is -0.132. The summed E-state index contributed by atoms with van der Waals surface area (Å²) in [4.78, 5) is 16.0. The zero-order chi connectivity index (χ0) is 13.9. The van der Waals surface area contributed by atoms with Crippen molar-refractivity contribution in [3.63, 3.8) is 0 Å². The molecular formula is C15H28N2O. The Morgan fingerprint density at radius 2 is 1.83 bits per heavy atom. The Kier molecular flexibility index (Phi) is 4.83. The van der Waals surface area contributed by atoms with E-state index in [1.54, 1.807) is 4.90 Å². The predicted octanol–water partition coefficient (Wildman–Crippen LogP) is 3.23. The average Bonchev–Trinajstić information content (AvgIpc) is 2.51. The summed E-state index contributed by atoms with van der Waals surface area (Å²) in [6.07, 6.45) is 5.73. The van der Waals surface area contributed by atoms with E-state index in [1.807, 2.05) is 25.9 Å². The van der Waals surface area contributed by atoms with Crippen LogP contribution in [-0.4, -0.2) is 35.3 Å². The number of nitrogens with zero attached hydrogens (tertiary/aromatic N) is 2. The van der Waals surface area contributed by atoms with Crippen LogP contribution in [0.5, 0.6) is 0 Å². The smallest absolute Gasteiger partial charge is 0.253 e. The van der Waals surface area contributed by atoms with Crippen molar-refractivity contribution in [1.82, 2.24) is 9.80 Å². The van der Waals surface area contributed by atoms with Crippen molar-refractivity contribution in [2.45, 2.75) is 58.4 Å². The lowest BCUT2D eigenvalue weighted by Crippen LogP contribution is -2.44. The highest BCUT2D eigenvalue weighted by Crippen LogP contribution is 2.34. The SMILES string of the molecule is C=C1N(C)C(=O)C(C)(CCCC(CC)CC)N1C. The predicted molar refractivity (Wildman–Crippen MR) is 76.0 cm³/mol. The van der Waals surface area contributed by atoms with Crippen molar-refractivity contribution in [2.24, 2.45) is 5.92 Å². The number of amides is 1. The standard InChI is InChI=1S/C15H28N2O/c1-7-13(8-2)10-9-11-15(4)14(18)16(5)12(3)17(15)6/h13H,3,7-11H2,1-2,4-6H3. The Hall–Kier alpha value is -0.990. The van der Waals surface area contributed by atoms with Gasteiger partial charge in [-0.1, -0.05) is 46.1 Å². The van der Waals surface area contributed by atoms with Gasteiger partial charge in [-0.15, -0.1) is 0 Å². The molecule has 1 aliphatic rings. The second-order valence-corrected chi connectivity index (χ2v) is 5.69. The summed E-state index contributed by atoms with van der Waals surface area (Å²) < 4.78 is 0. The molecule has 104 valence electrons. The van der Waals surface area contributed by atoms with Crippen LogP contribution in [0.3, 0.4) is 0 Å². The van der Waals surface area contributed by atoms with Gasteiger partial charge in [-0.2, -0.15) is 0 Å². The van der Waals surface area contributed by atoms with Crippen molar-refractivity contribution in [1.29, 1.82) is 0 Å². The van der Waals surface area contributed by atoms with Crippen LogP contribution in [0.15, 0.2) is 12.4 Å². The van der Waals surface area contributed by atoms with Gasteiger partial charge in [0.1, 0.15) is 11.4 Å². The fourth-order valence-electron chi connectivity index (χ4n) is 2.84. The number of rotatable bonds is 6. The van der Waals surface area contributed by atoms with Crippen LogP contribution in [0.25, 0.3) is 0 Å². The van der Waals surface area contributed by atoms with Crippen LogP contribution in [0.1, 0.15) is 52.9 Å². The van der Waals surface area contributed by atoms with Crippen molar-refractivity contribution in [3.05, 3.63) is 12.4 Å². The maximum atomic E-state index is 12.3. The van der Waals surface area contributed by atoms with E-state index in [0.29, 0.717) is 0 Å². The van der Waals surface area contributed by atoms with E-state index in [0.717, 1.165) is 24.6 Å². The summed E-state index contributed by atoms with van der Waals surface area (Å²) in [7, 11) is 3.79. The first-order chi connectivity index (χ1) is 8.38. The van der Waals surface area contributed by atoms with Gasteiger partial charge >= 0.3 is 0 Å². The maximum absolute atomic E-state index is 12.3. The van der Waals surface area contributed by atoms with Crippen LogP contribution in [0, 0.1) is 5.92 Å². The Bertz CT molecular complexity index is 322. The van der Waals surface area contributed by atoms with E-state index in [2.05, 4.69) is 20.4 Å². The summed E-state index contributed by atoms with van der Waals surface area (Å²) >= 11 is 0. The minimum absolute atomic E-state index is 0.180. The first-order valence-electron chi connectivity index (χ1n) is 7.09. The second-order valence-electron chi connectivity index (χ2n) is 5.69. The van der Waals surface area contributed by atoms with Gasteiger partial charge in [-0.25, -0.2) is 0 Å². The third-order valence-corrected chi connectivity index (χ3v) is 4.71. The highest BCUT2D eigenvalue weighted by Gasteiger charge is 2.47. The maximum Gasteiger partial charge on any atom is 0.253 e. The highest BCUT2D eigenvalue weighted by molar-refractivity contribution is 5.90. The molecular weight excluding hydrogens is 224 g/mol. The Morgan fingerprint density at radius 1 is 1.28 bits per heavy atom. The first kappa shape index (κ1) is 15.1. The molecule has 0 aromatic heterocycles. The molecule has 1 aliphatic heterocycles. The van der Waals surface area contributed by atoms with Crippen LogP contribution >= 0.6 is 0 Å². The van der Waals surface area contributed by atoms with Crippen molar-refractivity contribution >= 4 is 5.91 Å². The molecule has 0 bridgehead atoms. The molecule has 1 rings (SSSR count). The molecule has 1 unspecified atom stereocenters. The molecule has 0 aliphatic carbocycles. The number of carbonyl (C=O) groups is 1. The molecule has 1 fully saturated rings. The van der Waals surface area contributed by atoms with E-state index < -0.39 is 5.54 Å². The summed E-state index contributed by atoms with van der Waals surface area (Å²) in [5, 5.41) is 0. The van der Waals surface area contributed by atoms with Gasteiger partial charge in [0.15, 0.2) is 0 Å². The molecule has 0 spiro atoms. The lowest BCUT2D eigenvalue weighted by atomic mass is 9.89. The monoisotopic (exact) mass is 252 g/mol. The topological polar surface area (TPSA) is 23.6 Å². The zero-order valence-corrected chi connectivity index (χ0v) is 12.6. The summed E-state index contributed by atoms with van der Waals surface area (Å²) in [5.74, 6) is 1.79. The van der Waals surface area contributed by atoms with Gasteiger partial charge < -0.3 is 9.80 Å². The Morgan fingerprint density at radius 3 is 2.22 bits per heavy atom. The molecule has 1 atom stereocenters. The fraction of sp³-hybridized carbons (Fsp3) is 0.800. The summed E-state index contributed by atoms with van der Waals surface area (Å²) in [5.41, 5.74) is -0.391. The van der Waals surface area contributed by atoms with E-state index >= 15 is 0 Å². The third-order valence-electron chi connectivity index (χ3n) is 4.71. The molecule has 0 saturated carbocycles. The minimum atomic E-state index is -0.391. The van der Waals surface area contributed by atoms with Gasteiger partial charge in [0.05, 0.1) is 0 Å². The van der Waals surface area contributed by atoms with Gasteiger partial charge in [0.2, 0.25) is 0 Å². The molecule has 0 N–H and O–H groups in total. The van der Waals surface area contributed by atoms with Crippen LogP contribution in [0.4, 0.5) is 0 Å². The average molecular weight is 252 g/mol. The summed E-state index contributed by atoms with van der Waals surface area (Å²) in [6, 6.07) is 0. The fourth-order valence-corrected chi connectivity index (χ4v) is 2.84. The number of hydrogen-bond donors (Lipinski definition) is 0. The largest absolute Gasteiger partial charge is 0.347 e. The molecule has 1 amide bonds. The van der Waals surface area contributed by atoms with Gasteiger partial charge in [0, 0.05) is 14.1 Å². The van der Waals surface area contributed by atoms with E-state index in [4.69, 9.17) is 0 Å². The normalized spacial score (nSPS) is 24.6. The molecule has 0 aromatic rings. The molecule has 3 heteroatoms. The lowest BCUT2D eigenvalue weighted by Gasteiger charge is -2.30. The van der Waals surface area contributed by atoms with Crippen molar-refractivity contribution < 1.29 is 4.79 Å². The third kappa shape index (κ3) is 2.55. The molecule has 1 heterocycles. The molecule has 18 heavy (non-hydrogen) atoms. The van der Waals surface area contributed by atoms with Gasteiger partial charge in [0.25, 0.3) is 5.91 Å². The summed E-state index contributed by atoms with van der Waals surface area (Å²) in [6.45, 7) is 10.5. The quantitative estimate of drug-likeness (QED) is 0.724. The van der Waals surface area contributed by atoms with E-state index in [1.165, 1.54) is 19.3 Å². The zero-order valence-electron chi connectivity index (χ0n) is 12.6. The van der Waals surface area contributed by atoms with E-state index in [9.17, 15) is 4.79 Å². The first-order valence-corrected chi connectivity index (χ1v) is 7.09. The number of carbonyl (C=O) groups excluding carboxylic acids is 1. The van der Waals surface area contributed by atoms with Gasteiger partial charge in [-0.3, -0.25) is 4.79 Å².